The smallest absolute Gasteiger partial charge is 0.239 e. The van der Waals surface area contributed by atoms with Gasteiger partial charge in [0.15, 0.2) is 5.17 Å². The van der Waals surface area contributed by atoms with E-state index in [0.717, 1.165) is 16.8 Å². The molecule has 1 unspecified atom stereocenters. The first-order valence-corrected chi connectivity index (χ1v) is 8.87. The minimum Gasteiger partial charge on any atom is -0.303 e. The van der Waals surface area contributed by atoms with Gasteiger partial charge in [-0.3, -0.25) is 4.79 Å². The molecular formula is C18H15ClFN3OS. The van der Waals surface area contributed by atoms with Crippen LogP contribution in [0.3, 0.4) is 0 Å². The second-order valence-corrected chi connectivity index (χ2v) is 7.15. The Morgan fingerprint density at radius 2 is 1.88 bits per heavy atom. The number of thioether (sulfide) groups is 1. The second-order valence-electron chi connectivity index (χ2n) is 5.52. The number of hydrogen-bond acceptors (Lipinski definition) is 4. The molecule has 1 N–H and O–H groups in total. The van der Waals surface area contributed by atoms with Crippen molar-refractivity contribution >= 4 is 40.1 Å². The molecule has 2 aromatic rings. The number of amides is 1. The van der Waals surface area contributed by atoms with Crippen LogP contribution in [0, 0.1) is 5.82 Å². The van der Waals surface area contributed by atoms with E-state index < -0.39 is 0 Å². The number of rotatable bonds is 4. The molecule has 0 saturated carbocycles. The van der Waals surface area contributed by atoms with Gasteiger partial charge in [0.2, 0.25) is 5.91 Å². The van der Waals surface area contributed by atoms with Crippen LogP contribution in [0.1, 0.15) is 18.1 Å². The summed E-state index contributed by atoms with van der Waals surface area (Å²) in [6, 6.07) is 13.4. The lowest BCUT2D eigenvalue weighted by atomic mass is 10.1. The number of carbonyl (C=O) groups is 1. The molecule has 0 aromatic heterocycles. The summed E-state index contributed by atoms with van der Waals surface area (Å²) in [7, 11) is 0. The van der Waals surface area contributed by atoms with Gasteiger partial charge in [0.25, 0.3) is 0 Å². The molecule has 1 saturated heterocycles. The Hall–Kier alpha value is -2.18. The Bertz CT molecular complexity index is 834. The molecule has 1 fully saturated rings. The van der Waals surface area contributed by atoms with Crippen LogP contribution in [0.25, 0.3) is 0 Å². The Balaban J connectivity index is 1.66. The fourth-order valence-electron chi connectivity index (χ4n) is 2.29. The maximum Gasteiger partial charge on any atom is 0.239 e. The largest absolute Gasteiger partial charge is 0.303 e. The predicted molar refractivity (Wildman–Crippen MR) is 101 cm³/mol. The van der Waals surface area contributed by atoms with E-state index in [4.69, 9.17) is 11.6 Å². The standard InChI is InChI=1S/C18H15ClFN3OS/c1-11(13-4-6-14(19)7-5-13)22-23-18-21-17(24)16(25-18)10-12-2-8-15(20)9-3-12/h2-9,16H,10H2,1H3,(H,21,23,24). The molecule has 25 heavy (non-hydrogen) atoms. The predicted octanol–water partition coefficient (Wildman–Crippen LogP) is 4.03. The monoisotopic (exact) mass is 375 g/mol. The summed E-state index contributed by atoms with van der Waals surface area (Å²) in [5.41, 5.74) is 2.53. The lowest BCUT2D eigenvalue weighted by Gasteiger charge is -2.04. The minimum atomic E-state index is -0.296. The summed E-state index contributed by atoms with van der Waals surface area (Å²) in [4.78, 5) is 12.1. The number of hydrogen-bond donors (Lipinski definition) is 1. The summed E-state index contributed by atoms with van der Waals surface area (Å²) in [5, 5.41) is 11.8. The van der Waals surface area contributed by atoms with Gasteiger partial charge in [-0.05, 0) is 48.7 Å². The number of nitrogens with one attached hydrogen (secondary N) is 1. The van der Waals surface area contributed by atoms with E-state index >= 15 is 0 Å². The molecule has 128 valence electrons. The van der Waals surface area contributed by atoms with Crippen molar-refractivity contribution in [3.05, 3.63) is 70.5 Å². The molecule has 2 aromatic carbocycles. The number of carbonyl (C=O) groups excluding carboxylic acids is 1. The molecule has 0 spiro atoms. The first-order valence-electron chi connectivity index (χ1n) is 7.61. The first-order chi connectivity index (χ1) is 12.0. The van der Waals surface area contributed by atoms with Crippen LogP contribution < -0.4 is 5.32 Å². The molecule has 0 radical (unpaired) electrons. The van der Waals surface area contributed by atoms with Gasteiger partial charge >= 0.3 is 0 Å². The van der Waals surface area contributed by atoms with Gasteiger partial charge in [-0.2, -0.15) is 5.10 Å². The lowest BCUT2D eigenvalue weighted by Crippen LogP contribution is -2.26. The topological polar surface area (TPSA) is 53.8 Å². The van der Waals surface area contributed by atoms with Crippen molar-refractivity contribution in [1.82, 2.24) is 5.32 Å². The van der Waals surface area contributed by atoms with Gasteiger partial charge in [0, 0.05) is 5.02 Å². The van der Waals surface area contributed by atoms with E-state index in [-0.39, 0.29) is 17.0 Å². The molecule has 1 atom stereocenters. The third-order valence-corrected chi connectivity index (χ3v) is 4.99. The van der Waals surface area contributed by atoms with Crippen LogP contribution in [0.4, 0.5) is 4.39 Å². The molecule has 0 bridgehead atoms. The summed E-state index contributed by atoms with van der Waals surface area (Å²) in [6.45, 7) is 1.84. The van der Waals surface area contributed by atoms with Crippen molar-refractivity contribution < 1.29 is 9.18 Å². The van der Waals surface area contributed by atoms with Crippen molar-refractivity contribution in [2.45, 2.75) is 18.6 Å². The molecule has 1 aliphatic rings. The number of nitrogens with zero attached hydrogens (tertiary/aromatic N) is 2. The Kier molecular flexibility index (Phi) is 5.50. The average Bonchev–Trinajstić information content (AvgIpc) is 2.95. The van der Waals surface area contributed by atoms with Crippen molar-refractivity contribution in [2.75, 3.05) is 0 Å². The van der Waals surface area contributed by atoms with Crippen molar-refractivity contribution in [3.8, 4) is 0 Å². The maximum atomic E-state index is 13.0. The van der Waals surface area contributed by atoms with Crippen LogP contribution in [-0.4, -0.2) is 22.0 Å². The summed E-state index contributed by atoms with van der Waals surface area (Å²) in [6.07, 6.45) is 0.510. The van der Waals surface area contributed by atoms with Crippen molar-refractivity contribution in [3.63, 3.8) is 0 Å². The van der Waals surface area contributed by atoms with Crippen molar-refractivity contribution in [2.24, 2.45) is 10.2 Å². The zero-order valence-electron chi connectivity index (χ0n) is 13.4. The lowest BCUT2D eigenvalue weighted by molar-refractivity contribution is -0.118. The molecular weight excluding hydrogens is 361 g/mol. The quantitative estimate of drug-likeness (QED) is 0.647. The Labute approximate surface area is 154 Å². The van der Waals surface area contributed by atoms with Gasteiger partial charge in [0.1, 0.15) is 5.82 Å². The summed E-state index contributed by atoms with van der Waals surface area (Å²) < 4.78 is 13.0. The van der Waals surface area contributed by atoms with Crippen LogP contribution in [0.15, 0.2) is 58.7 Å². The molecule has 7 heteroatoms. The van der Waals surface area contributed by atoms with E-state index in [1.54, 1.807) is 24.3 Å². The average molecular weight is 376 g/mol. The fourth-order valence-corrected chi connectivity index (χ4v) is 3.38. The highest BCUT2D eigenvalue weighted by Gasteiger charge is 2.30. The van der Waals surface area contributed by atoms with E-state index in [9.17, 15) is 9.18 Å². The zero-order chi connectivity index (χ0) is 17.8. The minimum absolute atomic E-state index is 0.118. The molecule has 1 heterocycles. The van der Waals surface area contributed by atoms with Crippen LogP contribution in [-0.2, 0) is 11.2 Å². The summed E-state index contributed by atoms with van der Waals surface area (Å²) in [5.74, 6) is -0.408. The van der Waals surface area contributed by atoms with E-state index in [1.165, 1.54) is 23.9 Å². The maximum absolute atomic E-state index is 13.0. The van der Waals surface area contributed by atoms with E-state index in [2.05, 4.69) is 15.5 Å². The van der Waals surface area contributed by atoms with Crippen LogP contribution in [0.5, 0.6) is 0 Å². The first kappa shape index (κ1) is 17.6. The second kappa shape index (κ2) is 7.80. The normalized spacial score (nSPS) is 19.3. The highest BCUT2D eigenvalue weighted by molar-refractivity contribution is 8.15. The molecule has 1 aliphatic heterocycles. The van der Waals surface area contributed by atoms with Gasteiger partial charge in [-0.1, -0.05) is 47.6 Å². The Morgan fingerprint density at radius 1 is 1.20 bits per heavy atom. The van der Waals surface area contributed by atoms with Crippen LogP contribution in [0.2, 0.25) is 5.02 Å². The van der Waals surface area contributed by atoms with E-state index in [0.29, 0.717) is 16.6 Å². The zero-order valence-corrected chi connectivity index (χ0v) is 14.9. The highest BCUT2D eigenvalue weighted by atomic mass is 35.5. The SMILES string of the molecule is CC(=NN=C1NC(=O)C(Cc2ccc(F)cc2)S1)c1ccc(Cl)cc1. The van der Waals surface area contributed by atoms with Gasteiger partial charge in [-0.25, -0.2) is 4.39 Å². The van der Waals surface area contributed by atoms with Gasteiger partial charge < -0.3 is 5.32 Å². The van der Waals surface area contributed by atoms with Crippen LogP contribution >= 0.6 is 23.4 Å². The molecule has 1 amide bonds. The molecule has 3 rings (SSSR count). The third kappa shape index (κ3) is 4.67. The summed E-state index contributed by atoms with van der Waals surface area (Å²) >= 11 is 7.19. The molecule has 4 nitrogen and oxygen atoms in total. The third-order valence-electron chi connectivity index (χ3n) is 3.66. The highest BCUT2D eigenvalue weighted by Crippen LogP contribution is 2.23. The fraction of sp³-hybridized carbons (Fsp3) is 0.167. The van der Waals surface area contributed by atoms with Crippen molar-refractivity contribution in [1.29, 1.82) is 0 Å². The van der Waals surface area contributed by atoms with Gasteiger partial charge in [0.05, 0.1) is 11.0 Å². The Morgan fingerprint density at radius 3 is 2.56 bits per heavy atom. The number of benzene rings is 2. The number of amidine groups is 1. The van der Waals surface area contributed by atoms with Gasteiger partial charge in [-0.15, -0.1) is 5.10 Å². The van der Waals surface area contributed by atoms with E-state index in [1.807, 2.05) is 19.1 Å². The number of halogens is 2. The molecule has 0 aliphatic carbocycles.